The van der Waals surface area contributed by atoms with Gasteiger partial charge in [-0.2, -0.15) is 18.3 Å². The molecule has 0 bridgehead atoms. The fourth-order valence-corrected chi connectivity index (χ4v) is 0.689. The van der Waals surface area contributed by atoms with Crippen LogP contribution in [-0.2, 0) is 0 Å². The number of nitrogens with zero attached hydrogens (tertiary/aromatic N) is 2. The maximum Gasteiger partial charge on any atom is 0.452 e. The van der Waals surface area contributed by atoms with Gasteiger partial charge in [0.2, 0.25) is 5.84 Å². The van der Waals surface area contributed by atoms with Gasteiger partial charge in [0.1, 0.15) is 6.67 Å². The molecule has 1 heterocycles. The highest BCUT2D eigenvalue weighted by Crippen LogP contribution is 2.22. The molecule has 0 fully saturated rings. The average Bonchev–Trinajstić information content (AvgIpc) is 2.11. The van der Waals surface area contributed by atoms with Crippen LogP contribution in [0.5, 0.6) is 0 Å². The van der Waals surface area contributed by atoms with Crippen LogP contribution in [0.15, 0.2) is 5.10 Å². The van der Waals surface area contributed by atoms with Crippen molar-refractivity contribution < 1.29 is 13.2 Å². The van der Waals surface area contributed by atoms with Gasteiger partial charge in [-0.25, -0.2) is 4.42 Å². The normalized spacial score (nSPS) is 18.8. The SMILES string of the molecule is FC(F)(F)C1=NNCN1Cl. The Morgan fingerprint density at radius 2 is 2.20 bits per heavy atom. The molecule has 3 nitrogen and oxygen atoms in total. The highest BCUT2D eigenvalue weighted by Gasteiger charge is 2.42. The van der Waals surface area contributed by atoms with Crippen LogP contribution in [0.1, 0.15) is 0 Å². The summed E-state index contributed by atoms with van der Waals surface area (Å²) in [5.41, 5.74) is 2.09. The Hall–Kier alpha value is -0.650. The summed E-state index contributed by atoms with van der Waals surface area (Å²) in [6, 6.07) is 0. The van der Waals surface area contributed by atoms with E-state index in [9.17, 15) is 13.2 Å². The smallest absolute Gasteiger partial charge is 0.287 e. The Kier molecular flexibility index (Phi) is 1.63. The Bertz CT molecular complexity index is 165. The summed E-state index contributed by atoms with van der Waals surface area (Å²) < 4.78 is 35.6. The predicted molar refractivity (Wildman–Crippen MR) is 29.2 cm³/mol. The second-order valence-electron chi connectivity index (χ2n) is 1.61. The van der Waals surface area contributed by atoms with Crippen molar-refractivity contribution >= 4 is 17.6 Å². The molecule has 0 aromatic heterocycles. The summed E-state index contributed by atoms with van der Waals surface area (Å²) in [7, 11) is 0. The first-order valence-corrected chi connectivity index (χ1v) is 2.66. The molecule has 1 aliphatic rings. The molecule has 1 N–H and O–H groups in total. The van der Waals surface area contributed by atoms with E-state index in [2.05, 4.69) is 10.5 Å². The van der Waals surface area contributed by atoms with Crippen LogP contribution >= 0.6 is 11.8 Å². The summed E-state index contributed by atoms with van der Waals surface area (Å²) in [4.78, 5) is 0. The van der Waals surface area contributed by atoms with Gasteiger partial charge in [0.25, 0.3) is 0 Å². The van der Waals surface area contributed by atoms with E-state index in [-0.39, 0.29) is 6.67 Å². The molecule has 0 aromatic rings. The maximum atomic E-state index is 11.7. The van der Waals surface area contributed by atoms with E-state index in [4.69, 9.17) is 11.8 Å². The lowest BCUT2D eigenvalue weighted by Crippen LogP contribution is -2.32. The Morgan fingerprint density at radius 3 is 2.40 bits per heavy atom. The van der Waals surface area contributed by atoms with E-state index in [0.717, 1.165) is 0 Å². The van der Waals surface area contributed by atoms with E-state index < -0.39 is 12.0 Å². The highest BCUT2D eigenvalue weighted by molar-refractivity contribution is 6.23. The quantitative estimate of drug-likeness (QED) is 0.551. The van der Waals surface area contributed by atoms with Crippen molar-refractivity contribution in [1.82, 2.24) is 9.84 Å². The minimum absolute atomic E-state index is 0.115. The van der Waals surface area contributed by atoms with Gasteiger partial charge >= 0.3 is 6.18 Å². The summed E-state index contributed by atoms with van der Waals surface area (Å²) in [6.07, 6.45) is -4.47. The first-order chi connectivity index (χ1) is 4.52. The van der Waals surface area contributed by atoms with Crippen molar-refractivity contribution in [2.24, 2.45) is 5.10 Å². The van der Waals surface area contributed by atoms with E-state index in [1.165, 1.54) is 0 Å². The molecule has 58 valence electrons. The average molecular weight is 174 g/mol. The lowest BCUT2D eigenvalue weighted by Gasteiger charge is -2.10. The minimum atomic E-state index is -4.47. The lowest BCUT2D eigenvalue weighted by atomic mass is 10.6. The fraction of sp³-hybridized carbons (Fsp3) is 0.667. The molecule has 7 heteroatoms. The maximum absolute atomic E-state index is 11.7. The number of hydrogen-bond acceptors (Lipinski definition) is 3. The number of rotatable bonds is 0. The van der Waals surface area contributed by atoms with Crippen molar-refractivity contribution in [3.8, 4) is 0 Å². The number of hydrazone groups is 1. The zero-order valence-corrected chi connectivity index (χ0v) is 5.37. The molecule has 0 aliphatic carbocycles. The molecule has 10 heavy (non-hydrogen) atoms. The van der Waals surface area contributed by atoms with E-state index in [1.807, 2.05) is 0 Å². The Labute approximate surface area is 59.6 Å². The van der Waals surface area contributed by atoms with Crippen LogP contribution < -0.4 is 5.43 Å². The van der Waals surface area contributed by atoms with Gasteiger partial charge in [-0.1, -0.05) is 0 Å². The van der Waals surface area contributed by atoms with Gasteiger partial charge < -0.3 is 0 Å². The molecule has 0 atom stereocenters. The predicted octanol–water partition coefficient (Wildman–Crippen LogP) is 0.879. The van der Waals surface area contributed by atoms with Gasteiger partial charge in [0.15, 0.2) is 0 Å². The van der Waals surface area contributed by atoms with Gasteiger partial charge in [0.05, 0.1) is 0 Å². The van der Waals surface area contributed by atoms with Gasteiger partial charge in [-0.3, -0.25) is 5.43 Å². The first-order valence-electron chi connectivity index (χ1n) is 2.33. The topological polar surface area (TPSA) is 27.6 Å². The summed E-state index contributed by atoms with van der Waals surface area (Å²) in [5.74, 6) is -1.10. The van der Waals surface area contributed by atoms with Crippen LogP contribution in [0.3, 0.4) is 0 Å². The summed E-state index contributed by atoms with van der Waals surface area (Å²) >= 11 is 5.08. The Balaban J connectivity index is 2.72. The van der Waals surface area contributed by atoms with E-state index >= 15 is 0 Å². The van der Waals surface area contributed by atoms with Crippen molar-refractivity contribution in [2.45, 2.75) is 6.18 Å². The zero-order valence-electron chi connectivity index (χ0n) is 4.61. The zero-order chi connectivity index (χ0) is 7.78. The number of nitrogens with one attached hydrogen (secondary N) is 1. The summed E-state index contributed by atoms with van der Waals surface area (Å²) in [5, 5.41) is 2.92. The molecule has 0 radical (unpaired) electrons. The molecule has 0 unspecified atom stereocenters. The van der Waals surface area contributed by atoms with Gasteiger partial charge in [-0.05, 0) is 0 Å². The largest absolute Gasteiger partial charge is 0.452 e. The number of halogens is 4. The minimum Gasteiger partial charge on any atom is -0.287 e. The van der Waals surface area contributed by atoms with E-state index in [1.54, 1.807) is 0 Å². The molecule has 1 rings (SSSR count). The molecular formula is C3H3ClF3N3. The number of amidine groups is 1. The molecule has 0 saturated heterocycles. The molecule has 0 aromatic carbocycles. The van der Waals surface area contributed by atoms with Crippen molar-refractivity contribution in [2.75, 3.05) is 6.67 Å². The number of hydrogen-bond donors (Lipinski definition) is 1. The third kappa shape index (κ3) is 1.26. The van der Waals surface area contributed by atoms with Gasteiger partial charge in [-0.15, -0.1) is 0 Å². The highest BCUT2D eigenvalue weighted by atomic mass is 35.5. The van der Waals surface area contributed by atoms with Gasteiger partial charge in [0, 0.05) is 11.8 Å². The lowest BCUT2D eigenvalue weighted by molar-refractivity contribution is -0.0642. The van der Waals surface area contributed by atoms with Crippen LogP contribution in [0.2, 0.25) is 0 Å². The second kappa shape index (κ2) is 2.19. The van der Waals surface area contributed by atoms with Crippen molar-refractivity contribution in [3.63, 3.8) is 0 Å². The first kappa shape index (κ1) is 7.46. The standard InChI is InChI=1S/C3H3ClF3N3/c4-10-1-8-9-2(10)3(5,6)7/h8H,1H2. The molecule has 1 aliphatic heterocycles. The number of alkyl halides is 3. The third-order valence-electron chi connectivity index (χ3n) is 0.878. The molecule has 0 spiro atoms. The molecular weight excluding hydrogens is 171 g/mol. The third-order valence-corrected chi connectivity index (χ3v) is 1.16. The van der Waals surface area contributed by atoms with Crippen LogP contribution in [0.4, 0.5) is 13.2 Å². The Morgan fingerprint density at radius 1 is 1.60 bits per heavy atom. The van der Waals surface area contributed by atoms with Crippen molar-refractivity contribution in [3.05, 3.63) is 0 Å². The van der Waals surface area contributed by atoms with E-state index in [0.29, 0.717) is 4.42 Å². The second-order valence-corrected chi connectivity index (χ2v) is 2.02. The molecule has 0 amide bonds. The molecule has 0 saturated carbocycles. The van der Waals surface area contributed by atoms with Crippen LogP contribution in [-0.4, -0.2) is 23.1 Å². The monoisotopic (exact) mass is 173 g/mol. The summed E-state index contributed by atoms with van der Waals surface area (Å²) in [6.45, 7) is -0.115. The van der Waals surface area contributed by atoms with Crippen LogP contribution in [0, 0.1) is 0 Å². The van der Waals surface area contributed by atoms with Crippen LogP contribution in [0.25, 0.3) is 0 Å². The fourth-order valence-electron chi connectivity index (χ4n) is 0.502. The van der Waals surface area contributed by atoms with Crippen molar-refractivity contribution in [1.29, 1.82) is 0 Å².